The van der Waals surface area contributed by atoms with Gasteiger partial charge in [0.1, 0.15) is 5.82 Å². The van der Waals surface area contributed by atoms with Gasteiger partial charge >= 0.3 is 0 Å². The highest BCUT2D eigenvalue weighted by Crippen LogP contribution is 2.32. The highest BCUT2D eigenvalue weighted by atomic mass is 35.5. The van der Waals surface area contributed by atoms with E-state index in [1.165, 1.54) is 18.2 Å². The number of carbonyl (C=O) groups excluding carboxylic acids is 1. The largest absolute Gasteiger partial charge is 0.490 e. The molecular formula is C16H15Cl2FN2O2. The summed E-state index contributed by atoms with van der Waals surface area (Å²) < 4.78 is 19.0. The molecule has 122 valence electrons. The Balaban J connectivity index is 2.02. The first kappa shape index (κ1) is 17.4. The van der Waals surface area contributed by atoms with E-state index in [-0.39, 0.29) is 12.2 Å². The van der Waals surface area contributed by atoms with Gasteiger partial charge in [0.15, 0.2) is 5.75 Å². The lowest BCUT2D eigenvalue weighted by molar-refractivity contribution is -0.114. The maximum atomic E-state index is 13.6. The average molecular weight is 357 g/mol. The second kappa shape index (κ2) is 8.04. The van der Waals surface area contributed by atoms with Crippen molar-refractivity contribution in [1.82, 2.24) is 0 Å². The number of ether oxygens (including phenoxy) is 1. The van der Waals surface area contributed by atoms with Crippen LogP contribution < -0.4 is 15.4 Å². The molecule has 0 aromatic heterocycles. The van der Waals surface area contributed by atoms with E-state index in [1.54, 1.807) is 18.2 Å². The van der Waals surface area contributed by atoms with Gasteiger partial charge in [0.2, 0.25) is 5.91 Å². The summed E-state index contributed by atoms with van der Waals surface area (Å²) >= 11 is 11.8. The Morgan fingerprint density at radius 3 is 2.74 bits per heavy atom. The van der Waals surface area contributed by atoms with Crippen molar-refractivity contribution in [3.8, 4) is 5.75 Å². The fourth-order valence-corrected chi connectivity index (χ4v) is 2.30. The van der Waals surface area contributed by atoms with Crippen molar-refractivity contribution in [3.05, 3.63) is 52.3 Å². The minimum atomic E-state index is -0.555. The van der Waals surface area contributed by atoms with Crippen molar-refractivity contribution in [2.75, 3.05) is 23.8 Å². The molecule has 0 saturated carbocycles. The number of amides is 1. The molecule has 0 spiro atoms. The number of carbonyl (C=O) groups is 1. The Kier molecular flexibility index (Phi) is 6.07. The van der Waals surface area contributed by atoms with E-state index >= 15 is 0 Å². The Bertz CT molecular complexity index is 710. The fourth-order valence-electron chi connectivity index (χ4n) is 1.90. The number of benzene rings is 2. The van der Waals surface area contributed by atoms with Crippen LogP contribution >= 0.6 is 23.2 Å². The van der Waals surface area contributed by atoms with Crippen LogP contribution in [0, 0.1) is 5.82 Å². The Hall–Kier alpha value is -1.98. The van der Waals surface area contributed by atoms with Gasteiger partial charge in [-0.05, 0) is 37.3 Å². The normalized spacial score (nSPS) is 10.3. The van der Waals surface area contributed by atoms with E-state index in [1.807, 2.05) is 6.92 Å². The van der Waals surface area contributed by atoms with E-state index in [9.17, 15) is 9.18 Å². The van der Waals surface area contributed by atoms with Crippen LogP contribution in [-0.2, 0) is 4.79 Å². The van der Waals surface area contributed by atoms with Crippen LogP contribution in [0.25, 0.3) is 0 Å². The first-order valence-corrected chi connectivity index (χ1v) is 7.67. The number of anilines is 2. The lowest BCUT2D eigenvalue weighted by atomic mass is 10.2. The van der Waals surface area contributed by atoms with Crippen LogP contribution in [0.15, 0.2) is 36.4 Å². The van der Waals surface area contributed by atoms with E-state index in [2.05, 4.69) is 10.6 Å². The number of nitrogens with one attached hydrogen (secondary N) is 2. The quantitative estimate of drug-likeness (QED) is 0.796. The SMILES string of the molecule is CCOc1c(Cl)cccc1NCC(=O)Nc1cc(Cl)ccc1F. The molecule has 0 radical (unpaired) electrons. The zero-order chi connectivity index (χ0) is 16.8. The second-order valence-electron chi connectivity index (χ2n) is 4.58. The molecule has 0 fully saturated rings. The molecule has 0 heterocycles. The molecule has 0 aliphatic rings. The van der Waals surface area contributed by atoms with Gasteiger partial charge in [-0.25, -0.2) is 4.39 Å². The number of para-hydroxylation sites is 1. The van der Waals surface area contributed by atoms with Crippen molar-refractivity contribution in [2.24, 2.45) is 0 Å². The van der Waals surface area contributed by atoms with E-state index in [0.29, 0.717) is 28.1 Å². The number of rotatable bonds is 6. The van der Waals surface area contributed by atoms with Gasteiger partial charge in [0, 0.05) is 5.02 Å². The third-order valence-corrected chi connectivity index (χ3v) is 3.43. The minimum Gasteiger partial charge on any atom is -0.490 e. The minimum absolute atomic E-state index is 0.0282. The summed E-state index contributed by atoms with van der Waals surface area (Å²) in [6.07, 6.45) is 0. The lowest BCUT2D eigenvalue weighted by Gasteiger charge is -2.14. The highest BCUT2D eigenvalue weighted by Gasteiger charge is 2.11. The van der Waals surface area contributed by atoms with Crippen molar-refractivity contribution in [3.63, 3.8) is 0 Å². The molecule has 2 rings (SSSR count). The summed E-state index contributed by atoms with van der Waals surface area (Å²) in [5, 5.41) is 6.15. The summed E-state index contributed by atoms with van der Waals surface area (Å²) in [6, 6.07) is 9.12. The lowest BCUT2D eigenvalue weighted by Crippen LogP contribution is -2.22. The highest BCUT2D eigenvalue weighted by molar-refractivity contribution is 6.32. The molecule has 0 bridgehead atoms. The van der Waals surface area contributed by atoms with Gasteiger partial charge in [-0.3, -0.25) is 4.79 Å². The standard InChI is InChI=1S/C16H15Cl2FN2O2/c1-2-23-16-11(18)4-3-5-13(16)20-9-15(22)21-14-8-10(17)6-7-12(14)19/h3-8,20H,2,9H2,1H3,(H,21,22). The van der Waals surface area contributed by atoms with Gasteiger partial charge < -0.3 is 15.4 Å². The third kappa shape index (κ3) is 4.74. The number of hydrogen-bond acceptors (Lipinski definition) is 3. The van der Waals surface area contributed by atoms with Crippen LogP contribution in [-0.4, -0.2) is 19.1 Å². The molecule has 2 N–H and O–H groups in total. The molecule has 0 aliphatic carbocycles. The molecule has 0 atom stereocenters. The van der Waals surface area contributed by atoms with Crippen LogP contribution in [0.3, 0.4) is 0 Å². The van der Waals surface area contributed by atoms with Crippen LogP contribution in [0.4, 0.5) is 15.8 Å². The summed E-state index contributed by atoms with van der Waals surface area (Å²) in [5.41, 5.74) is 0.612. The first-order chi connectivity index (χ1) is 11.0. The topological polar surface area (TPSA) is 50.4 Å². The molecule has 7 heteroatoms. The van der Waals surface area contributed by atoms with Gasteiger partial charge in [0.05, 0.1) is 29.5 Å². The molecule has 0 saturated heterocycles. The monoisotopic (exact) mass is 356 g/mol. The molecule has 2 aromatic carbocycles. The summed E-state index contributed by atoms with van der Waals surface area (Å²) in [6.45, 7) is 2.20. The smallest absolute Gasteiger partial charge is 0.243 e. The first-order valence-electron chi connectivity index (χ1n) is 6.91. The molecule has 0 aliphatic heterocycles. The molecule has 2 aromatic rings. The molecule has 0 unspecified atom stereocenters. The molecular weight excluding hydrogens is 342 g/mol. The van der Waals surface area contributed by atoms with Crippen LogP contribution in [0.2, 0.25) is 10.0 Å². The third-order valence-electron chi connectivity index (χ3n) is 2.90. The van der Waals surface area contributed by atoms with Crippen molar-refractivity contribution in [1.29, 1.82) is 0 Å². The van der Waals surface area contributed by atoms with E-state index in [4.69, 9.17) is 27.9 Å². The molecule has 1 amide bonds. The van der Waals surface area contributed by atoms with Crippen LogP contribution in [0.5, 0.6) is 5.75 Å². The predicted octanol–water partition coefficient (Wildman–Crippen LogP) is 4.58. The molecule has 23 heavy (non-hydrogen) atoms. The fraction of sp³-hybridized carbons (Fsp3) is 0.188. The summed E-state index contributed by atoms with van der Waals surface area (Å²) in [4.78, 5) is 11.9. The van der Waals surface area contributed by atoms with Crippen molar-refractivity contribution in [2.45, 2.75) is 6.92 Å². The zero-order valence-corrected chi connectivity index (χ0v) is 13.8. The molecule has 4 nitrogen and oxygen atoms in total. The summed E-state index contributed by atoms with van der Waals surface area (Å²) in [5.74, 6) is -0.507. The van der Waals surface area contributed by atoms with Gasteiger partial charge in [-0.15, -0.1) is 0 Å². The van der Waals surface area contributed by atoms with Gasteiger partial charge in [-0.2, -0.15) is 0 Å². The maximum Gasteiger partial charge on any atom is 0.243 e. The van der Waals surface area contributed by atoms with Crippen molar-refractivity contribution >= 4 is 40.5 Å². The van der Waals surface area contributed by atoms with Crippen LogP contribution in [0.1, 0.15) is 6.92 Å². The summed E-state index contributed by atoms with van der Waals surface area (Å²) in [7, 11) is 0. The Labute approximate surface area is 143 Å². The predicted molar refractivity (Wildman–Crippen MR) is 91.2 cm³/mol. The number of halogens is 3. The Morgan fingerprint density at radius 2 is 2.00 bits per heavy atom. The number of hydrogen-bond donors (Lipinski definition) is 2. The van der Waals surface area contributed by atoms with Crippen molar-refractivity contribution < 1.29 is 13.9 Å². The second-order valence-corrected chi connectivity index (χ2v) is 5.42. The Morgan fingerprint density at radius 1 is 1.22 bits per heavy atom. The van der Waals surface area contributed by atoms with Gasteiger partial charge in [0.25, 0.3) is 0 Å². The van der Waals surface area contributed by atoms with E-state index < -0.39 is 11.7 Å². The van der Waals surface area contributed by atoms with Gasteiger partial charge in [-0.1, -0.05) is 29.3 Å². The zero-order valence-electron chi connectivity index (χ0n) is 12.3. The average Bonchev–Trinajstić information content (AvgIpc) is 2.51. The maximum absolute atomic E-state index is 13.6. The van der Waals surface area contributed by atoms with E-state index in [0.717, 1.165) is 0 Å².